The molecule has 0 spiro atoms. The lowest BCUT2D eigenvalue weighted by Gasteiger charge is -2.35. The summed E-state index contributed by atoms with van der Waals surface area (Å²) in [5.74, 6) is 1.30. The molecule has 1 saturated heterocycles. The molecule has 0 aliphatic carbocycles. The van der Waals surface area contributed by atoms with Crippen LogP contribution in [0, 0.1) is 0 Å². The van der Waals surface area contributed by atoms with E-state index in [1.165, 1.54) is 37.4 Å². The summed E-state index contributed by atoms with van der Waals surface area (Å²) in [4.78, 5) is 2.63. The Morgan fingerprint density at radius 1 is 1.33 bits per heavy atom. The van der Waals surface area contributed by atoms with Gasteiger partial charge in [-0.25, -0.2) is 0 Å². The summed E-state index contributed by atoms with van der Waals surface area (Å²) in [5.41, 5.74) is 3.03. The highest BCUT2D eigenvalue weighted by Gasteiger charge is 2.23. The van der Waals surface area contributed by atoms with Crippen molar-refractivity contribution in [3.8, 4) is 0 Å². The summed E-state index contributed by atoms with van der Waals surface area (Å²) in [5, 5.41) is 4.49. The minimum atomic E-state index is 0.634. The van der Waals surface area contributed by atoms with Gasteiger partial charge >= 0.3 is 0 Å². The Kier molecular flexibility index (Phi) is 3.92. The summed E-state index contributed by atoms with van der Waals surface area (Å²) in [6, 6.07) is 9.48. The molecule has 2 nitrogen and oxygen atoms in total. The van der Waals surface area contributed by atoms with E-state index >= 15 is 0 Å². The van der Waals surface area contributed by atoms with Gasteiger partial charge in [0, 0.05) is 43.2 Å². The normalized spacial score (nSPS) is 28.9. The third kappa shape index (κ3) is 2.90. The topological polar surface area (TPSA) is 15.3 Å². The first kappa shape index (κ1) is 12.5. The Morgan fingerprint density at radius 3 is 3.00 bits per heavy atom. The van der Waals surface area contributed by atoms with E-state index in [-0.39, 0.29) is 0 Å². The van der Waals surface area contributed by atoms with E-state index in [1.807, 2.05) is 0 Å². The van der Waals surface area contributed by atoms with E-state index in [0.717, 1.165) is 11.8 Å². The van der Waals surface area contributed by atoms with Crippen LogP contribution in [0.3, 0.4) is 0 Å². The van der Waals surface area contributed by atoms with Crippen LogP contribution in [0.15, 0.2) is 24.3 Å². The molecule has 0 amide bonds. The second-order valence-electron chi connectivity index (χ2n) is 5.49. The van der Waals surface area contributed by atoms with Gasteiger partial charge in [-0.05, 0) is 17.5 Å². The fourth-order valence-corrected chi connectivity index (χ4v) is 4.10. The zero-order valence-corrected chi connectivity index (χ0v) is 11.9. The molecule has 2 aliphatic heterocycles. The summed E-state index contributed by atoms with van der Waals surface area (Å²) in [6.45, 7) is 7.11. The van der Waals surface area contributed by atoms with Crippen molar-refractivity contribution in [1.82, 2.24) is 10.2 Å². The summed E-state index contributed by atoms with van der Waals surface area (Å²) >= 11 is 2.11. The lowest BCUT2D eigenvalue weighted by Crippen LogP contribution is -2.48. The van der Waals surface area contributed by atoms with Crippen LogP contribution >= 0.6 is 11.8 Å². The first-order chi connectivity index (χ1) is 8.81. The van der Waals surface area contributed by atoms with Gasteiger partial charge in [-0.1, -0.05) is 31.2 Å². The van der Waals surface area contributed by atoms with Crippen LogP contribution < -0.4 is 5.32 Å². The Labute approximate surface area is 114 Å². The van der Waals surface area contributed by atoms with Gasteiger partial charge in [-0.3, -0.25) is 4.90 Å². The number of benzene rings is 1. The van der Waals surface area contributed by atoms with Crippen molar-refractivity contribution < 1.29 is 0 Å². The standard InChI is InChI=1S/C15H22N2S/c1-12-10-17(6-7-18-12)11-15-8-13-4-2-3-5-14(13)9-16-15/h2-5,12,15-16H,6-11H2,1H3/t12?,15-/m0/s1. The summed E-state index contributed by atoms with van der Waals surface area (Å²) in [6.07, 6.45) is 1.19. The van der Waals surface area contributed by atoms with Crippen LogP contribution in [-0.4, -0.2) is 41.6 Å². The molecule has 0 saturated carbocycles. The first-order valence-electron chi connectivity index (χ1n) is 6.95. The Bertz CT molecular complexity index is 407. The maximum absolute atomic E-state index is 3.69. The third-order valence-corrected chi connectivity index (χ3v) is 5.11. The fraction of sp³-hybridized carbons (Fsp3) is 0.600. The van der Waals surface area contributed by atoms with Gasteiger partial charge in [0.15, 0.2) is 0 Å². The van der Waals surface area contributed by atoms with Crippen LogP contribution in [0.4, 0.5) is 0 Å². The molecule has 3 heteroatoms. The number of fused-ring (bicyclic) bond motifs is 1. The second kappa shape index (κ2) is 5.64. The number of nitrogens with zero attached hydrogens (tertiary/aromatic N) is 1. The van der Waals surface area contributed by atoms with Gasteiger partial charge in [0.25, 0.3) is 0 Å². The van der Waals surface area contributed by atoms with Crippen molar-refractivity contribution in [2.45, 2.75) is 31.2 Å². The maximum Gasteiger partial charge on any atom is 0.0238 e. The van der Waals surface area contributed by atoms with Crippen LogP contribution in [0.2, 0.25) is 0 Å². The SMILES string of the molecule is CC1CN(C[C@@H]2Cc3ccccc3CN2)CCS1. The largest absolute Gasteiger partial charge is 0.308 e. The lowest BCUT2D eigenvalue weighted by atomic mass is 9.95. The Morgan fingerprint density at radius 2 is 2.17 bits per heavy atom. The fourth-order valence-electron chi connectivity index (χ4n) is 3.02. The molecule has 2 aliphatic rings. The third-order valence-electron chi connectivity index (χ3n) is 3.97. The number of hydrogen-bond acceptors (Lipinski definition) is 3. The van der Waals surface area contributed by atoms with Crippen LogP contribution in [0.5, 0.6) is 0 Å². The second-order valence-corrected chi connectivity index (χ2v) is 7.04. The van der Waals surface area contributed by atoms with Gasteiger partial charge in [-0.2, -0.15) is 11.8 Å². The molecule has 0 radical (unpaired) electrons. The monoisotopic (exact) mass is 262 g/mol. The minimum absolute atomic E-state index is 0.634. The van der Waals surface area contributed by atoms with E-state index in [9.17, 15) is 0 Å². The van der Waals surface area contributed by atoms with Gasteiger partial charge < -0.3 is 5.32 Å². The molecule has 1 unspecified atom stereocenters. The molecule has 98 valence electrons. The smallest absolute Gasteiger partial charge is 0.0238 e. The number of nitrogens with one attached hydrogen (secondary N) is 1. The van der Waals surface area contributed by atoms with Gasteiger partial charge in [-0.15, -0.1) is 0 Å². The molecule has 2 atom stereocenters. The lowest BCUT2D eigenvalue weighted by molar-refractivity contribution is 0.245. The van der Waals surface area contributed by atoms with Crippen molar-refractivity contribution in [2.24, 2.45) is 0 Å². The Balaban J connectivity index is 1.59. The number of thioether (sulfide) groups is 1. The van der Waals surface area contributed by atoms with Crippen LogP contribution in [0.25, 0.3) is 0 Å². The summed E-state index contributed by atoms with van der Waals surface area (Å²) < 4.78 is 0. The highest BCUT2D eigenvalue weighted by Crippen LogP contribution is 2.20. The first-order valence-corrected chi connectivity index (χ1v) is 8.00. The van der Waals surface area contributed by atoms with Crippen molar-refractivity contribution in [1.29, 1.82) is 0 Å². The molecular formula is C15H22N2S. The van der Waals surface area contributed by atoms with Crippen LogP contribution in [-0.2, 0) is 13.0 Å². The van der Waals surface area contributed by atoms with Crippen molar-refractivity contribution in [3.05, 3.63) is 35.4 Å². The molecule has 3 rings (SSSR count). The average Bonchev–Trinajstić information content (AvgIpc) is 2.39. The zero-order chi connectivity index (χ0) is 12.4. The Hall–Kier alpha value is -0.510. The average molecular weight is 262 g/mol. The number of hydrogen-bond donors (Lipinski definition) is 1. The van der Waals surface area contributed by atoms with E-state index in [4.69, 9.17) is 0 Å². The molecule has 1 fully saturated rings. The minimum Gasteiger partial charge on any atom is -0.308 e. The predicted molar refractivity (Wildman–Crippen MR) is 79.1 cm³/mol. The van der Waals surface area contributed by atoms with Gasteiger partial charge in [0.2, 0.25) is 0 Å². The molecule has 0 aromatic heterocycles. The van der Waals surface area contributed by atoms with Crippen molar-refractivity contribution >= 4 is 11.8 Å². The van der Waals surface area contributed by atoms with E-state index in [2.05, 4.69) is 53.2 Å². The highest BCUT2D eigenvalue weighted by atomic mass is 32.2. The van der Waals surface area contributed by atoms with E-state index in [1.54, 1.807) is 5.56 Å². The molecule has 1 N–H and O–H groups in total. The maximum atomic E-state index is 3.69. The summed E-state index contributed by atoms with van der Waals surface area (Å²) in [7, 11) is 0. The molecule has 0 bridgehead atoms. The molecule has 1 aromatic rings. The van der Waals surface area contributed by atoms with Crippen molar-refractivity contribution in [3.63, 3.8) is 0 Å². The predicted octanol–water partition coefficient (Wildman–Crippen LogP) is 2.14. The number of rotatable bonds is 2. The van der Waals surface area contributed by atoms with Crippen LogP contribution in [0.1, 0.15) is 18.1 Å². The van der Waals surface area contributed by atoms with Gasteiger partial charge in [0.05, 0.1) is 0 Å². The molecule has 18 heavy (non-hydrogen) atoms. The highest BCUT2D eigenvalue weighted by molar-refractivity contribution is 7.99. The van der Waals surface area contributed by atoms with Gasteiger partial charge in [0.1, 0.15) is 0 Å². The molecular weight excluding hydrogens is 240 g/mol. The zero-order valence-electron chi connectivity index (χ0n) is 11.1. The van der Waals surface area contributed by atoms with E-state index in [0.29, 0.717) is 6.04 Å². The molecule has 1 aromatic carbocycles. The molecule has 2 heterocycles. The van der Waals surface area contributed by atoms with E-state index < -0.39 is 0 Å². The van der Waals surface area contributed by atoms with Crippen molar-refractivity contribution in [2.75, 3.05) is 25.4 Å². The quantitative estimate of drug-likeness (QED) is 0.879.